The average molecular weight is 929 g/mol. The van der Waals surface area contributed by atoms with Gasteiger partial charge in [0.2, 0.25) is 5.91 Å². The first-order valence-electron chi connectivity index (χ1n) is 29.3. The minimum absolute atomic E-state index is 0.00891. The Morgan fingerprint density at radius 1 is 0.424 bits per heavy atom. The van der Waals surface area contributed by atoms with Crippen LogP contribution in [0.4, 0.5) is 0 Å². The lowest BCUT2D eigenvalue weighted by Crippen LogP contribution is -2.45. The zero-order valence-electron chi connectivity index (χ0n) is 44.2. The Labute approximate surface area is 411 Å². The molecule has 6 heteroatoms. The molecule has 0 radical (unpaired) electrons. The monoisotopic (exact) mass is 928 g/mol. The maximum Gasteiger partial charge on any atom is 0.305 e. The van der Waals surface area contributed by atoms with Crippen molar-refractivity contribution in [3.05, 3.63) is 36.5 Å². The quantitative estimate of drug-likeness (QED) is 0.0321. The Balaban J connectivity index is 3.45. The Kier molecular flexibility index (Phi) is 54.1. The van der Waals surface area contributed by atoms with Crippen molar-refractivity contribution in [1.82, 2.24) is 5.32 Å². The molecule has 6 nitrogen and oxygen atoms in total. The first-order chi connectivity index (χ1) is 32.5. The number of hydrogen-bond acceptors (Lipinski definition) is 5. The summed E-state index contributed by atoms with van der Waals surface area (Å²) in [6.45, 7) is 4.89. The van der Waals surface area contributed by atoms with Gasteiger partial charge < -0.3 is 20.3 Å². The van der Waals surface area contributed by atoms with Crippen molar-refractivity contribution in [1.29, 1.82) is 0 Å². The fourth-order valence-corrected chi connectivity index (χ4v) is 8.90. The minimum atomic E-state index is -0.847. The highest BCUT2D eigenvalue weighted by Crippen LogP contribution is 2.16. The number of amides is 1. The van der Waals surface area contributed by atoms with Crippen LogP contribution in [0.2, 0.25) is 0 Å². The number of hydrogen-bond donors (Lipinski definition) is 3. The number of esters is 1. The van der Waals surface area contributed by atoms with E-state index in [4.69, 9.17) is 4.74 Å². The van der Waals surface area contributed by atoms with Gasteiger partial charge in [-0.15, -0.1) is 0 Å². The van der Waals surface area contributed by atoms with Gasteiger partial charge in [-0.25, -0.2) is 0 Å². The van der Waals surface area contributed by atoms with Gasteiger partial charge >= 0.3 is 5.97 Å². The molecule has 0 bridgehead atoms. The smallest absolute Gasteiger partial charge is 0.305 e. The molecule has 0 heterocycles. The summed E-state index contributed by atoms with van der Waals surface area (Å²) in [6.07, 6.45) is 68.9. The molecule has 3 N–H and O–H groups in total. The summed E-state index contributed by atoms with van der Waals surface area (Å²) in [4.78, 5) is 24.4. The minimum Gasteiger partial charge on any atom is -0.466 e. The number of ether oxygens (including phenoxy) is 1. The third kappa shape index (κ3) is 51.5. The van der Waals surface area contributed by atoms with Gasteiger partial charge in [0, 0.05) is 12.8 Å². The molecule has 0 saturated heterocycles. The van der Waals surface area contributed by atoms with Crippen LogP contribution in [-0.2, 0) is 14.3 Å². The molecule has 0 aromatic carbocycles. The molecule has 0 saturated carbocycles. The van der Waals surface area contributed by atoms with Crippen LogP contribution in [0.5, 0.6) is 0 Å². The molecular weight excluding hydrogens is 815 g/mol. The number of aliphatic hydroxyl groups is 2. The van der Waals surface area contributed by atoms with E-state index in [1.54, 1.807) is 6.08 Å². The molecule has 0 fully saturated rings. The first kappa shape index (κ1) is 64.1. The summed E-state index contributed by atoms with van der Waals surface area (Å²) in [6, 6.07) is -0.631. The number of carbonyl (C=O) groups excluding carboxylic acids is 2. The molecule has 388 valence electrons. The highest BCUT2D eigenvalue weighted by atomic mass is 16.5. The lowest BCUT2D eigenvalue weighted by Gasteiger charge is -2.20. The van der Waals surface area contributed by atoms with Crippen molar-refractivity contribution in [3.8, 4) is 0 Å². The fraction of sp³-hybridized carbons (Fsp3) is 0.867. The summed E-state index contributed by atoms with van der Waals surface area (Å²) >= 11 is 0. The summed E-state index contributed by atoms with van der Waals surface area (Å²) in [7, 11) is 0. The number of carbonyl (C=O) groups is 2. The lowest BCUT2D eigenvalue weighted by molar-refractivity contribution is -0.143. The number of unbranched alkanes of at least 4 members (excludes halogenated alkanes) is 39. The van der Waals surface area contributed by atoms with Gasteiger partial charge in [0.1, 0.15) is 0 Å². The summed E-state index contributed by atoms with van der Waals surface area (Å²) < 4.78 is 5.47. The molecule has 0 aliphatic heterocycles. The number of nitrogens with one attached hydrogen (secondary N) is 1. The van der Waals surface area contributed by atoms with Gasteiger partial charge in [-0.05, 0) is 64.2 Å². The van der Waals surface area contributed by atoms with Crippen LogP contribution < -0.4 is 5.32 Å². The van der Waals surface area contributed by atoms with Crippen LogP contribution >= 0.6 is 0 Å². The van der Waals surface area contributed by atoms with Gasteiger partial charge in [0.05, 0.1) is 25.4 Å². The SMILES string of the molecule is CCCCCCCCCCCC/C=C/C(O)C(CO)NC(=O)CCCCCCCCCCC/C=C\C/C=C\CCCCCCCCCCCOC(=O)CCCCCCCCCCCCCC. The largest absolute Gasteiger partial charge is 0.466 e. The van der Waals surface area contributed by atoms with Gasteiger partial charge in [-0.2, -0.15) is 0 Å². The highest BCUT2D eigenvalue weighted by molar-refractivity contribution is 5.76. The number of allylic oxidation sites excluding steroid dienone is 5. The molecule has 0 aliphatic rings. The van der Waals surface area contributed by atoms with Crippen molar-refractivity contribution >= 4 is 11.9 Å². The van der Waals surface area contributed by atoms with Crippen LogP contribution in [0.15, 0.2) is 36.5 Å². The van der Waals surface area contributed by atoms with Crippen LogP contribution in [-0.4, -0.2) is 47.4 Å². The summed E-state index contributed by atoms with van der Waals surface area (Å²) in [5, 5.41) is 23.0. The summed E-state index contributed by atoms with van der Waals surface area (Å²) in [5.74, 6) is -0.0658. The molecule has 1 amide bonds. The zero-order valence-corrected chi connectivity index (χ0v) is 44.2. The Hall–Kier alpha value is -1.92. The van der Waals surface area contributed by atoms with E-state index in [1.165, 1.54) is 238 Å². The Morgan fingerprint density at radius 3 is 1.15 bits per heavy atom. The van der Waals surface area contributed by atoms with Crippen LogP contribution in [0.3, 0.4) is 0 Å². The van der Waals surface area contributed by atoms with E-state index in [9.17, 15) is 19.8 Å². The molecule has 0 spiro atoms. The molecule has 0 rings (SSSR count). The van der Waals surface area contributed by atoms with Gasteiger partial charge in [0.25, 0.3) is 0 Å². The predicted molar refractivity (Wildman–Crippen MR) is 287 cm³/mol. The van der Waals surface area contributed by atoms with Crippen molar-refractivity contribution in [2.24, 2.45) is 0 Å². The molecule has 2 unspecified atom stereocenters. The number of aliphatic hydroxyl groups excluding tert-OH is 2. The first-order valence-corrected chi connectivity index (χ1v) is 29.3. The molecule has 0 aromatic heterocycles. The standard InChI is InChI=1S/C60H113NO5/c1-3-5-7-9-11-13-15-32-36-40-44-48-52-58(63)57(56-62)61-59(64)53-49-45-41-37-33-30-28-26-24-22-20-18-17-19-21-23-25-27-29-31-35-39-43-47-51-55-66-60(65)54-50-46-42-38-34-16-14-12-10-8-6-4-2/h18-21,48,52,57-58,62-63H,3-17,22-47,49-51,53-56H2,1-2H3,(H,61,64)/b20-18-,21-19-,52-48+. The van der Waals surface area contributed by atoms with E-state index < -0.39 is 12.1 Å². The predicted octanol–water partition coefficient (Wildman–Crippen LogP) is 18.0. The average Bonchev–Trinajstić information content (AvgIpc) is 3.32. The maximum absolute atomic E-state index is 12.4. The summed E-state index contributed by atoms with van der Waals surface area (Å²) in [5.41, 5.74) is 0. The van der Waals surface area contributed by atoms with E-state index in [0.717, 1.165) is 44.9 Å². The van der Waals surface area contributed by atoms with Gasteiger partial charge in [-0.3, -0.25) is 9.59 Å². The van der Waals surface area contributed by atoms with E-state index >= 15 is 0 Å². The Bertz CT molecular complexity index is 1070. The third-order valence-electron chi connectivity index (χ3n) is 13.4. The maximum atomic E-state index is 12.4. The molecule has 0 aliphatic carbocycles. The van der Waals surface area contributed by atoms with Crippen LogP contribution in [0.25, 0.3) is 0 Å². The Morgan fingerprint density at radius 2 is 0.758 bits per heavy atom. The zero-order chi connectivity index (χ0) is 47.9. The van der Waals surface area contributed by atoms with Crippen molar-refractivity contribution in [3.63, 3.8) is 0 Å². The third-order valence-corrected chi connectivity index (χ3v) is 13.4. The van der Waals surface area contributed by atoms with E-state index in [-0.39, 0.29) is 18.5 Å². The highest BCUT2D eigenvalue weighted by Gasteiger charge is 2.18. The van der Waals surface area contributed by atoms with Crippen molar-refractivity contribution in [2.45, 2.75) is 321 Å². The molecular formula is C60H113NO5. The molecule has 2 atom stereocenters. The van der Waals surface area contributed by atoms with E-state index in [0.29, 0.717) is 19.4 Å². The topological polar surface area (TPSA) is 95.9 Å². The normalized spacial score (nSPS) is 12.8. The van der Waals surface area contributed by atoms with Gasteiger partial charge in [-0.1, -0.05) is 269 Å². The second-order valence-electron chi connectivity index (χ2n) is 20.0. The second kappa shape index (κ2) is 55.7. The van der Waals surface area contributed by atoms with Crippen molar-refractivity contribution < 1.29 is 24.5 Å². The second-order valence-corrected chi connectivity index (χ2v) is 20.0. The van der Waals surface area contributed by atoms with Gasteiger partial charge in [0.15, 0.2) is 0 Å². The molecule has 66 heavy (non-hydrogen) atoms. The van der Waals surface area contributed by atoms with Crippen LogP contribution in [0.1, 0.15) is 309 Å². The fourth-order valence-electron chi connectivity index (χ4n) is 8.90. The van der Waals surface area contributed by atoms with E-state index in [2.05, 4.69) is 43.5 Å². The van der Waals surface area contributed by atoms with Crippen LogP contribution in [0, 0.1) is 0 Å². The number of rotatable bonds is 54. The van der Waals surface area contributed by atoms with E-state index in [1.807, 2.05) is 6.08 Å². The molecule has 0 aromatic rings. The lowest BCUT2D eigenvalue weighted by atomic mass is 10.0. The van der Waals surface area contributed by atoms with Crippen molar-refractivity contribution in [2.75, 3.05) is 13.2 Å².